The summed E-state index contributed by atoms with van der Waals surface area (Å²) in [7, 11) is 0. The summed E-state index contributed by atoms with van der Waals surface area (Å²) >= 11 is 0. The topological polar surface area (TPSA) is 75.2 Å². The zero-order valence-electron chi connectivity index (χ0n) is 10.2. The maximum Gasteiger partial charge on any atom is 0.141 e. The van der Waals surface area contributed by atoms with Crippen LogP contribution < -0.4 is 10.6 Å². The molecule has 92 valence electrons. The Balaban J connectivity index is 2.22. The van der Waals surface area contributed by atoms with Gasteiger partial charge in [-0.1, -0.05) is 6.07 Å². The van der Waals surface area contributed by atoms with E-state index in [2.05, 4.69) is 23.7 Å². The van der Waals surface area contributed by atoms with Crippen LogP contribution in [0.3, 0.4) is 0 Å². The smallest absolute Gasteiger partial charge is 0.141 e. The Morgan fingerprint density at radius 2 is 2.29 bits per heavy atom. The Morgan fingerprint density at radius 1 is 1.53 bits per heavy atom. The SMILES string of the molecule is CC1(C)CN(c2cccc(C(=N)N)n2)CCO1. The van der Waals surface area contributed by atoms with Crippen molar-refractivity contribution < 1.29 is 4.74 Å². The van der Waals surface area contributed by atoms with E-state index in [1.807, 2.05) is 12.1 Å². The third kappa shape index (κ3) is 2.74. The van der Waals surface area contributed by atoms with Crippen molar-refractivity contribution in [2.45, 2.75) is 19.4 Å². The third-order valence-electron chi connectivity index (χ3n) is 2.76. The molecule has 5 nitrogen and oxygen atoms in total. The first-order valence-electron chi connectivity index (χ1n) is 5.68. The zero-order valence-corrected chi connectivity index (χ0v) is 10.2. The van der Waals surface area contributed by atoms with E-state index in [1.54, 1.807) is 6.07 Å². The van der Waals surface area contributed by atoms with Crippen LogP contribution >= 0.6 is 0 Å². The van der Waals surface area contributed by atoms with Crippen LogP contribution in [0.15, 0.2) is 18.2 Å². The minimum absolute atomic E-state index is 0.000584. The lowest BCUT2D eigenvalue weighted by Crippen LogP contribution is -2.48. The number of nitrogens with one attached hydrogen (secondary N) is 1. The van der Waals surface area contributed by atoms with Gasteiger partial charge in [0.25, 0.3) is 0 Å². The second-order valence-electron chi connectivity index (χ2n) is 4.82. The summed E-state index contributed by atoms with van der Waals surface area (Å²) < 4.78 is 5.66. The average Bonchev–Trinajstić information content (AvgIpc) is 2.28. The molecule has 17 heavy (non-hydrogen) atoms. The molecule has 5 heteroatoms. The van der Waals surface area contributed by atoms with Crippen molar-refractivity contribution in [3.63, 3.8) is 0 Å². The highest BCUT2D eigenvalue weighted by atomic mass is 16.5. The lowest BCUT2D eigenvalue weighted by molar-refractivity contribution is -0.0279. The summed E-state index contributed by atoms with van der Waals surface area (Å²) in [6, 6.07) is 5.56. The van der Waals surface area contributed by atoms with Gasteiger partial charge in [-0.3, -0.25) is 5.41 Å². The van der Waals surface area contributed by atoms with Gasteiger partial charge in [-0.2, -0.15) is 0 Å². The van der Waals surface area contributed by atoms with E-state index in [0.717, 1.165) is 18.9 Å². The van der Waals surface area contributed by atoms with Crippen LogP contribution in [-0.4, -0.2) is 36.1 Å². The molecule has 1 aromatic heterocycles. The fourth-order valence-electron chi connectivity index (χ4n) is 1.96. The molecule has 0 aliphatic carbocycles. The Hall–Kier alpha value is -1.62. The van der Waals surface area contributed by atoms with Crippen LogP contribution in [0.1, 0.15) is 19.5 Å². The summed E-state index contributed by atoms with van der Waals surface area (Å²) in [6.45, 7) is 6.43. The van der Waals surface area contributed by atoms with Gasteiger partial charge < -0.3 is 15.4 Å². The Labute approximate surface area is 101 Å². The highest BCUT2D eigenvalue weighted by Crippen LogP contribution is 2.21. The van der Waals surface area contributed by atoms with Crippen molar-refractivity contribution in [3.05, 3.63) is 23.9 Å². The van der Waals surface area contributed by atoms with E-state index in [0.29, 0.717) is 12.3 Å². The van der Waals surface area contributed by atoms with Gasteiger partial charge in [-0.05, 0) is 26.0 Å². The van der Waals surface area contributed by atoms with Crippen molar-refractivity contribution in [1.29, 1.82) is 5.41 Å². The lowest BCUT2D eigenvalue weighted by atomic mass is 10.1. The van der Waals surface area contributed by atoms with E-state index in [9.17, 15) is 0 Å². The van der Waals surface area contributed by atoms with Gasteiger partial charge in [-0.25, -0.2) is 4.98 Å². The molecule has 0 radical (unpaired) electrons. The molecule has 3 N–H and O–H groups in total. The zero-order chi connectivity index (χ0) is 12.5. The first kappa shape index (κ1) is 11.9. The molecule has 2 rings (SSSR count). The van der Waals surface area contributed by atoms with Gasteiger partial charge in [0.1, 0.15) is 17.3 Å². The van der Waals surface area contributed by atoms with E-state index in [1.165, 1.54) is 0 Å². The second-order valence-corrected chi connectivity index (χ2v) is 4.82. The molecule has 2 heterocycles. The van der Waals surface area contributed by atoms with Gasteiger partial charge in [0.15, 0.2) is 0 Å². The monoisotopic (exact) mass is 234 g/mol. The van der Waals surface area contributed by atoms with Crippen molar-refractivity contribution in [3.8, 4) is 0 Å². The van der Waals surface area contributed by atoms with E-state index in [4.69, 9.17) is 15.9 Å². The van der Waals surface area contributed by atoms with Gasteiger partial charge in [-0.15, -0.1) is 0 Å². The number of morpholine rings is 1. The van der Waals surface area contributed by atoms with Crippen LogP contribution in [0.25, 0.3) is 0 Å². The summed E-state index contributed by atoms with van der Waals surface area (Å²) in [6.07, 6.45) is 0. The molecule has 1 aliphatic rings. The molecule has 0 spiro atoms. The Morgan fingerprint density at radius 3 is 2.94 bits per heavy atom. The molecular formula is C12H18N4O. The molecule has 1 aromatic rings. The third-order valence-corrected chi connectivity index (χ3v) is 2.76. The van der Waals surface area contributed by atoms with Crippen LogP contribution in [0.5, 0.6) is 0 Å². The van der Waals surface area contributed by atoms with Gasteiger partial charge in [0, 0.05) is 13.1 Å². The molecule has 0 unspecified atom stereocenters. The minimum Gasteiger partial charge on any atom is -0.382 e. The number of hydrogen-bond donors (Lipinski definition) is 2. The summed E-state index contributed by atoms with van der Waals surface area (Å²) in [5.41, 5.74) is 5.80. The maximum atomic E-state index is 7.40. The van der Waals surface area contributed by atoms with E-state index >= 15 is 0 Å². The number of ether oxygens (including phenoxy) is 1. The highest BCUT2D eigenvalue weighted by Gasteiger charge is 2.27. The number of aromatic nitrogens is 1. The van der Waals surface area contributed by atoms with Crippen LogP contribution in [-0.2, 0) is 4.74 Å². The second kappa shape index (κ2) is 4.33. The van der Waals surface area contributed by atoms with Crippen LogP contribution in [0.4, 0.5) is 5.82 Å². The number of pyridine rings is 1. The first-order chi connectivity index (χ1) is 7.98. The van der Waals surface area contributed by atoms with E-state index in [-0.39, 0.29) is 11.4 Å². The molecular weight excluding hydrogens is 216 g/mol. The Bertz CT molecular complexity index is 430. The predicted molar refractivity (Wildman–Crippen MR) is 67.5 cm³/mol. The molecule has 1 aliphatic heterocycles. The molecule has 0 bridgehead atoms. The molecule has 1 fully saturated rings. The van der Waals surface area contributed by atoms with Crippen LogP contribution in [0.2, 0.25) is 0 Å². The largest absolute Gasteiger partial charge is 0.382 e. The highest BCUT2D eigenvalue weighted by molar-refractivity contribution is 5.93. The number of nitrogen functional groups attached to an aromatic ring is 1. The number of amidine groups is 1. The Kier molecular flexibility index (Phi) is 3.02. The van der Waals surface area contributed by atoms with Crippen LogP contribution in [0, 0.1) is 5.41 Å². The van der Waals surface area contributed by atoms with Gasteiger partial charge in [0.2, 0.25) is 0 Å². The lowest BCUT2D eigenvalue weighted by Gasteiger charge is -2.38. The van der Waals surface area contributed by atoms with Crippen molar-refractivity contribution in [1.82, 2.24) is 4.98 Å². The quantitative estimate of drug-likeness (QED) is 0.591. The molecule has 0 saturated carbocycles. The van der Waals surface area contributed by atoms with Gasteiger partial charge in [0.05, 0.1) is 12.2 Å². The number of anilines is 1. The molecule has 0 atom stereocenters. The standard InChI is InChI=1S/C12H18N4O/c1-12(2)8-16(6-7-17-12)10-5-3-4-9(15-10)11(13)14/h3-5H,6-8H2,1-2H3,(H3,13,14). The molecule has 0 amide bonds. The summed E-state index contributed by atoms with van der Waals surface area (Å²) in [5.74, 6) is 0.855. The normalized spacial score (nSPS) is 19.1. The first-order valence-corrected chi connectivity index (χ1v) is 5.68. The van der Waals surface area contributed by atoms with Gasteiger partial charge >= 0.3 is 0 Å². The van der Waals surface area contributed by atoms with Crippen molar-refractivity contribution in [2.24, 2.45) is 5.73 Å². The summed E-state index contributed by atoms with van der Waals surface area (Å²) in [5, 5.41) is 7.40. The molecule has 1 saturated heterocycles. The minimum atomic E-state index is -0.161. The van der Waals surface area contributed by atoms with Crippen molar-refractivity contribution >= 4 is 11.7 Å². The average molecular weight is 234 g/mol. The predicted octanol–water partition coefficient (Wildman–Crippen LogP) is 0.981. The van der Waals surface area contributed by atoms with E-state index < -0.39 is 0 Å². The number of rotatable bonds is 2. The maximum absolute atomic E-state index is 7.40. The number of hydrogen-bond acceptors (Lipinski definition) is 4. The number of nitrogens with two attached hydrogens (primary N) is 1. The van der Waals surface area contributed by atoms with Crippen molar-refractivity contribution in [2.75, 3.05) is 24.6 Å². The summed E-state index contributed by atoms with van der Waals surface area (Å²) in [4.78, 5) is 6.54. The fraction of sp³-hybridized carbons (Fsp3) is 0.500. The fourth-order valence-corrected chi connectivity index (χ4v) is 1.96. The number of nitrogens with zero attached hydrogens (tertiary/aromatic N) is 2. The molecule has 0 aromatic carbocycles.